The van der Waals surface area contributed by atoms with Gasteiger partial charge in [0.05, 0.1) is 5.52 Å². The van der Waals surface area contributed by atoms with Gasteiger partial charge < -0.3 is 9.32 Å². The molecule has 0 unspecified atom stereocenters. The van der Waals surface area contributed by atoms with Gasteiger partial charge in [-0.3, -0.25) is 9.36 Å². The van der Waals surface area contributed by atoms with Crippen LogP contribution in [0.25, 0.3) is 11.1 Å². The molecule has 1 aliphatic rings. The zero-order valence-corrected chi connectivity index (χ0v) is 13.5. The molecule has 3 aromatic rings. The van der Waals surface area contributed by atoms with Gasteiger partial charge in [-0.25, -0.2) is 9.18 Å². The molecule has 0 radical (unpaired) electrons. The highest BCUT2D eigenvalue weighted by Gasteiger charge is 2.33. The molecule has 0 saturated heterocycles. The lowest BCUT2D eigenvalue weighted by Gasteiger charge is -2.22. The summed E-state index contributed by atoms with van der Waals surface area (Å²) in [6.07, 6.45) is 1.90. The number of para-hydroxylation sites is 2. The van der Waals surface area contributed by atoms with Crippen molar-refractivity contribution < 1.29 is 13.6 Å². The van der Waals surface area contributed by atoms with Crippen molar-refractivity contribution in [2.75, 3.05) is 0 Å². The topological polar surface area (TPSA) is 55.5 Å². The lowest BCUT2D eigenvalue weighted by Crippen LogP contribution is -2.36. The molecule has 6 heteroatoms. The molecule has 5 nitrogen and oxygen atoms in total. The van der Waals surface area contributed by atoms with Gasteiger partial charge >= 0.3 is 5.76 Å². The minimum atomic E-state index is -0.535. The van der Waals surface area contributed by atoms with E-state index in [9.17, 15) is 14.0 Å². The van der Waals surface area contributed by atoms with Crippen LogP contribution in [0.2, 0.25) is 0 Å². The Kier molecular flexibility index (Phi) is 3.87. The van der Waals surface area contributed by atoms with E-state index in [1.807, 2.05) is 0 Å². The first-order valence-corrected chi connectivity index (χ1v) is 8.24. The third kappa shape index (κ3) is 3.20. The molecule has 0 spiro atoms. The van der Waals surface area contributed by atoms with Crippen molar-refractivity contribution in [2.45, 2.75) is 32.0 Å². The Morgan fingerprint density at radius 1 is 1.16 bits per heavy atom. The van der Waals surface area contributed by atoms with Gasteiger partial charge in [0.15, 0.2) is 5.58 Å². The average Bonchev–Trinajstić information content (AvgIpc) is 3.40. The molecule has 0 aliphatic heterocycles. The first-order valence-electron chi connectivity index (χ1n) is 8.24. The van der Waals surface area contributed by atoms with Crippen LogP contribution < -0.4 is 5.76 Å². The van der Waals surface area contributed by atoms with Crippen LogP contribution in [0.1, 0.15) is 18.4 Å². The zero-order chi connectivity index (χ0) is 17.4. The Labute approximate surface area is 143 Å². The first kappa shape index (κ1) is 15.6. The third-order valence-corrected chi connectivity index (χ3v) is 4.44. The summed E-state index contributed by atoms with van der Waals surface area (Å²) in [6.45, 7) is 0.349. The second-order valence-electron chi connectivity index (χ2n) is 6.30. The molecule has 1 aromatic heterocycles. The predicted octanol–water partition coefficient (Wildman–Crippen LogP) is 2.92. The minimum Gasteiger partial charge on any atom is -0.408 e. The summed E-state index contributed by atoms with van der Waals surface area (Å²) in [6, 6.07) is 13.4. The first-order chi connectivity index (χ1) is 12.1. The summed E-state index contributed by atoms with van der Waals surface area (Å²) in [7, 11) is 0. The predicted molar refractivity (Wildman–Crippen MR) is 90.4 cm³/mol. The Balaban J connectivity index is 1.58. The molecule has 1 amide bonds. The molecule has 0 N–H and O–H groups in total. The van der Waals surface area contributed by atoms with Crippen LogP contribution in [-0.2, 0) is 17.9 Å². The van der Waals surface area contributed by atoms with Gasteiger partial charge in [-0.2, -0.15) is 0 Å². The largest absolute Gasteiger partial charge is 0.420 e. The number of hydrogen-bond acceptors (Lipinski definition) is 3. The van der Waals surface area contributed by atoms with E-state index < -0.39 is 5.76 Å². The number of rotatable bonds is 5. The molecule has 0 bridgehead atoms. The van der Waals surface area contributed by atoms with E-state index in [-0.39, 0.29) is 24.3 Å². The molecule has 0 atom stereocenters. The normalized spacial score (nSPS) is 14.0. The molecule has 4 rings (SSSR count). The summed E-state index contributed by atoms with van der Waals surface area (Å²) in [4.78, 5) is 26.6. The number of halogens is 1. The maximum absolute atomic E-state index is 13.1. The van der Waals surface area contributed by atoms with Crippen LogP contribution in [0.3, 0.4) is 0 Å². The molecule has 1 aliphatic carbocycles. The maximum atomic E-state index is 13.1. The number of hydrogen-bond donors (Lipinski definition) is 0. The highest BCUT2D eigenvalue weighted by atomic mass is 19.1. The Morgan fingerprint density at radius 3 is 2.60 bits per heavy atom. The monoisotopic (exact) mass is 340 g/mol. The third-order valence-electron chi connectivity index (χ3n) is 4.44. The minimum absolute atomic E-state index is 0.0620. The summed E-state index contributed by atoms with van der Waals surface area (Å²) in [5, 5.41) is 0. The van der Waals surface area contributed by atoms with E-state index in [4.69, 9.17) is 4.42 Å². The fourth-order valence-corrected chi connectivity index (χ4v) is 2.98. The summed E-state index contributed by atoms with van der Waals surface area (Å²) < 4.78 is 19.6. The number of aromatic nitrogens is 1. The highest BCUT2D eigenvalue weighted by Crippen LogP contribution is 2.29. The van der Waals surface area contributed by atoms with Gasteiger partial charge in [-0.15, -0.1) is 0 Å². The number of carbonyl (C=O) groups is 1. The molecule has 1 saturated carbocycles. The van der Waals surface area contributed by atoms with Gasteiger partial charge in [0.2, 0.25) is 5.91 Å². The molecule has 1 fully saturated rings. The Bertz CT molecular complexity index is 970. The molecule has 25 heavy (non-hydrogen) atoms. The maximum Gasteiger partial charge on any atom is 0.420 e. The highest BCUT2D eigenvalue weighted by molar-refractivity contribution is 5.80. The lowest BCUT2D eigenvalue weighted by molar-refractivity contribution is -0.133. The number of amides is 1. The number of benzene rings is 2. The second-order valence-corrected chi connectivity index (χ2v) is 6.30. The van der Waals surface area contributed by atoms with Crippen molar-refractivity contribution in [1.82, 2.24) is 9.47 Å². The number of nitrogens with zero attached hydrogens (tertiary/aromatic N) is 2. The zero-order valence-electron chi connectivity index (χ0n) is 13.5. The van der Waals surface area contributed by atoms with Crippen LogP contribution in [-0.4, -0.2) is 21.4 Å². The molecular formula is C19H17FN2O3. The molecular weight excluding hydrogens is 323 g/mol. The van der Waals surface area contributed by atoms with Crippen molar-refractivity contribution in [3.8, 4) is 0 Å². The van der Waals surface area contributed by atoms with Gasteiger partial charge in [-0.05, 0) is 42.7 Å². The Hall–Kier alpha value is -2.89. The smallest absolute Gasteiger partial charge is 0.408 e. The molecule has 128 valence electrons. The van der Waals surface area contributed by atoms with Gasteiger partial charge in [0.25, 0.3) is 0 Å². The van der Waals surface area contributed by atoms with Gasteiger partial charge in [0.1, 0.15) is 12.4 Å². The van der Waals surface area contributed by atoms with E-state index in [1.54, 1.807) is 41.3 Å². The number of fused-ring (bicyclic) bond motifs is 1. The summed E-state index contributed by atoms with van der Waals surface area (Å²) in [5.74, 6) is -0.975. The van der Waals surface area contributed by atoms with Crippen LogP contribution in [0.5, 0.6) is 0 Å². The quantitative estimate of drug-likeness (QED) is 0.718. The standard InChI is InChI=1S/C19H17FN2O3/c20-14-7-5-13(6-8-14)11-21(15-9-10-15)18(23)12-22-16-3-1-2-4-17(16)25-19(22)24/h1-8,15H,9-12H2. The van der Waals surface area contributed by atoms with Crippen molar-refractivity contribution >= 4 is 17.0 Å². The van der Waals surface area contributed by atoms with Gasteiger partial charge in [-0.1, -0.05) is 24.3 Å². The number of oxazole rings is 1. The SMILES string of the molecule is O=C(Cn1c(=O)oc2ccccc21)N(Cc1ccc(F)cc1)C1CC1. The number of carbonyl (C=O) groups excluding carboxylic acids is 1. The Morgan fingerprint density at radius 2 is 1.88 bits per heavy atom. The van der Waals surface area contributed by atoms with E-state index >= 15 is 0 Å². The fourth-order valence-electron chi connectivity index (χ4n) is 2.98. The average molecular weight is 340 g/mol. The summed E-state index contributed by atoms with van der Waals surface area (Å²) in [5.41, 5.74) is 1.95. The summed E-state index contributed by atoms with van der Waals surface area (Å²) >= 11 is 0. The van der Waals surface area contributed by atoms with E-state index in [0.29, 0.717) is 17.6 Å². The molecule has 1 heterocycles. The van der Waals surface area contributed by atoms with Crippen LogP contribution in [0.15, 0.2) is 57.7 Å². The molecule has 2 aromatic carbocycles. The second kappa shape index (κ2) is 6.20. The van der Waals surface area contributed by atoms with E-state index in [1.165, 1.54) is 16.7 Å². The van der Waals surface area contributed by atoms with E-state index in [2.05, 4.69) is 0 Å². The lowest BCUT2D eigenvalue weighted by atomic mass is 10.2. The van der Waals surface area contributed by atoms with Gasteiger partial charge in [0, 0.05) is 12.6 Å². The van der Waals surface area contributed by atoms with Crippen LogP contribution >= 0.6 is 0 Å². The van der Waals surface area contributed by atoms with Crippen molar-refractivity contribution in [3.05, 3.63) is 70.5 Å². The van der Waals surface area contributed by atoms with Crippen LogP contribution in [0.4, 0.5) is 4.39 Å². The van der Waals surface area contributed by atoms with E-state index in [0.717, 1.165) is 18.4 Å². The van der Waals surface area contributed by atoms with Crippen molar-refractivity contribution in [1.29, 1.82) is 0 Å². The fraction of sp³-hybridized carbons (Fsp3) is 0.263. The van der Waals surface area contributed by atoms with Crippen molar-refractivity contribution in [2.24, 2.45) is 0 Å². The van der Waals surface area contributed by atoms with Crippen LogP contribution in [0, 0.1) is 5.82 Å². The van der Waals surface area contributed by atoms with Crippen molar-refractivity contribution in [3.63, 3.8) is 0 Å².